The van der Waals surface area contributed by atoms with Gasteiger partial charge in [0.25, 0.3) is 0 Å². The van der Waals surface area contributed by atoms with Crippen molar-refractivity contribution in [3.8, 4) is 11.8 Å². The number of halogens is 1. The van der Waals surface area contributed by atoms with E-state index in [0.717, 1.165) is 11.1 Å². The van der Waals surface area contributed by atoms with Crippen LogP contribution in [0.2, 0.25) is 4.34 Å². The quantitative estimate of drug-likeness (QED) is 0.787. The summed E-state index contributed by atoms with van der Waals surface area (Å²) in [6.45, 7) is 6.44. The Morgan fingerprint density at radius 1 is 1.19 bits per heavy atom. The number of hydrogen-bond acceptors (Lipinski definition) is 2. The summed E-state index contributed by atoms with van der Waals surface area (Å²) in [5.74, 6) is 5.70. The lowest BCUT2D eigenvalue weighted by Gasteiger charge is -2.14. The van der Waals surface area contributed by atoms with Gasteiger partial charge in [-0.05, 0) is 35.7 Å². The number of amides is 1. The fourth-order valence-electron chi connectivity index (χ4n) is 1.68. The highest BCUT2D eigenvalue weighted by molar-refractivity contribution is 7.16. The highest BCUT2D eigenvalue weighted by Crippen LogP contribution is 2.35. The lowest BCUT2D eigenvalue weighted by Crippen LogP contribution is -2.10. The monoisotopic (exact) mass is 317 g/mol. The van der Waals surface area contributed by atoms with E-state index in [1.54, 1.807) is 35.6 Å². The summed E-state index contributed by atoms with van der Waals surface area (Å²) in [4.78, 5) is 12.2. The minimum absolute atomic E-state index is 0.0668. The van der Waals surface area contributed by atoms with Crippen molar-refractivity contribution in [2.75, 3.05) is 0 Å². The lowest BCUT2D eigenvalue weighted by molar-refractivity contribution is 0.100. The van der Waals surface area contributed by atoms with Gasteiger partial charge < -0.3 is 5.73 Å². The van der Waals surface area contributed by atoms with Crippen molar-refractivity contribution in [2.24, 2.45) is 5.73 Å². The van der Waals surface area contributed by atoms with Crippen LogP contribution in [0.15, 0.2) is 30.3 Å². The van der Waals surface area contributed by atoms with Gasteiger partial charge in [-0.2, -0.15) is 0 Å². The fourth-order valence-corrected chi connectivity index (χ4v) is 2.93. The molecule has 1 aromatic heterocycles. The summed E-state index contributed by atoms with van der Waals surface area (Å²) < 4.78 is 0.709. The van der Waals surface area contributed by atoms with Gasteiger partial charge in [0.05, 0.1) is 5.56 Å². The Balaban J connectivity index is 2.27. The topological polar surface area (TPSA) is 43.1 Å². The molecule has 0 aliphatic heterocycles. The summed E-state index contributed by atoms with van der Waals surface area (Å²) in [5.41, 5.74) is 7.40. The molecule has 1 heterocycles. The van der Waals surface area contributed by atoms with Crippen molar-refractivity contribution in [1.82, 2.24) is 0 Å². The van der Waals surface area contributed by atoms with E-state index in [9.17, 15) is 4.79 Å². The number of carbonyl (C=O) groups is 1. The van der Waals surface area contributed by atoms with Crippen molar-refractivity contribution in [3.63, 3.8) is 0 Å². The zero-order chi connectivity index (χ0) is 15.6. The van der Waals surface area contributed by atoms with Crippen LogP contribution in [0.1, 0.15) is 47.1 Å². The van der Waals surface area contributed by atoms with Crippen LogP contribution in [0.5, 0.6) is 0 Å². The van der Waals surface area contributed by atoms with Crippen molar-refractivity contribution in [2.45, 2.75) is 26.2 Å². The molecule has 2 aromatic rings. The van der Waals surface area contributed by atoms with E-state index in [2.05, 4.69) is 32.6 Å². The summed E-state index contributed by atoms with van der Waals surface area (Å²) in [7, 11) is 0. The van der Waals surface area contributed by atoms with E-state index in [0.29, 0.717) is 9.90 Å². The average Bonchev–Trinajstić information content (AvgIpc) is 2.78. The van der Waals surface area contributed by atoms with Gasteiger partial charge in [-0.15, -0.1) is 11.3 Å². The maximum absolute atomic E-state index is 11.0. The summed E-state index contributed by atoms with van der Waals surface area (Å²) in [5, 5.41) is 0. The number of thiophene rings is 1. The number of primary amides is 1. The van der Waals surface area contributed by atoms with E-state index in [1.165, 1.54) is 4.88 Å². The van der Waals surface area contributed by atoms with Gasteiger partial charge in [0, 0.05) is 16.0 Å². The van der Waals surface area contributed by atoms with Crippen molar-refractivity contribution in [3.05, 3.63) is 56.2 Å². The first kappa shape index (κ1) is 15.6. The average molecular weight is 318 g/mol. The predicted octanol–water partition coefficient (Wildman–Crippen LogP) is 4.20. The van der Waals surface area contributed by atoms with E-state index in [-0.39, 0.29) is 5.41 Å². The highest BCUT2D eigenvalue weighted by atomic mass is 35.5. The molecular weight excluding hydrogens is 302 g/mol. The van der Waals surface area contributed by atoms with Crippen LogP contribution >= 0.6 is 22.9 Å². The largest absolute Gasteiger partial charge is 0.366 e. The minimum Gasteiger partial charge on any atom is -0.366 e. The molecule has 0 fully saturated rings. The standard InChI is InChI=1S/C17H16ClNOS/c1-17(2,3)14-10-13(15(18)21-14)9-6-11-4-7-12(8-5-11)16(19)20/h4-5,7-8,10H,1-3H3,(H2,19,20). The maximum atomic E-state index is 11.0. The molecule has 0 saturated heterocycles. The summed E-state index contributed by atoms with van der Waals surface area (Å²) >= 11 is 7.80. The molecule has 21 heavy (non-hydrogen) atoms. The molecule has 2 N–H and O–H groups in total. The van der Waals surface area contributed by atoms with Crippen molar-refractivity contribution >= 4 is 28.8 Å². The van der Waals surface area contributed by atoms with E-state index >= 15 is 0 Å². The Kier molecular flexibility index (Phi) is 4.41. The third-order valence-electron chi connectivity index (χ3n) is 2.94. The van der Waals surface area contributed by atoms with Gasteiger partial charge in [-0.3, -0.25) is 4.79 Å². The summed E-state index contributed by atoms with van der Waals surface area (Å²) in [6, 6.07) is 8.93. The molecule has 0 radical (unpaired) electrons. The molecule has 0 aliphatic rings. The number of hydrogen-bond donors (Lipinski definition) is 1. The first-order valence-electron chi connectivity index (χ1n) is 6.49. The maximum Gasteiger partial charge on any atom is 0.248 e. The molecule has 0 atom stereocenters. The smallest absolute Gasteiger partial charge is 0.248 e. The molecule has 4 heteroatoms. The van der Waals surface area contributed by atoms with E-state index in [4.69, 9.17) is 17.3 Å². The third-order valence-corrected chi connectivity index (χ3v) is 4.72. The lowest BCUT2D eigenvalue weighted by atomic mass is 9.94. The van der Waals surface area contributed by atoms with Crippen LogP contribution in [0.3, 0.4) is 0 Å². The van der Waals surface area contributed by atoms with Gasteiger partial charge in [0.15, 0.2) is 0 Å². The second-order valence-electron chi connectivity index (χ2n) is 5.74. The highest BCUT2D eigenvalue weighted by Gasteiger charge is 2.18. The Morgan fingerprint density at radius 2 is 1.81 bits per heavy atom. The third kappa shape index (κ3) is 3.87. The molecule has 0 unspecified atom stereocenters. The molecule has 2 rings (SSSR count). The Bertz CT molecular complexity index is 727. The number of benzene rings is 1. The van der Waals surface area contributed by atoms with Gasteiger partial charge in [-0.1, -0.05) is 44.2 Å². The predicted molar refractivity (Wildman–Crippen MR) is 89.0 cm³/mol. The number of nitrogens with two attached hydrogens (primary N) is 1. The van der Waals surface area contributed by atoms with Crippen LogP contribution in [0.4, 0.5) is 0 Å². The van der Waals surface area contributed by atoms with E-state index < -0.39 is 5.91 Å². The van der Waals surface area contributed by atoms with Gasteiger partial charge in [0.1, 0.15) is 4.34 Å². The van der Waals surface area contributed by atoms with Crippen LogP contribution in [0, 0.1) is 11.8 Å². The van der Waals surface area contributed by atoms with Crippen LogP contribution in [-0.4, -0.2) is 5.91 Å². The first-order valence-corrected chi connectivity index (χ1v) is 7.68. The first-order chi connectivity index (χ1) is 9.77. The van der Waals surface area contributed by atoms with Gasteiger partial charge >= 0.3 is 0 Å². The zero-order valence-electron chi connectivity index (χ0n) is 12.2. The molecule has 0 saturated carbocycles. The molecule has 2 nitrogen and oxygen atoms in total. The van der Waals surface area contributed by atoms with Crippen molar-refractivity contribution < 1.29 is 4.79 Å². The van der Waals surface area contributed by atoms with Crippen LogP contribution in [0.25, 0.3) is 0 Å². The van der Waals surface area contributed by atoms with E-state index in [1.807, 2.05) is 6.07 Å². The summed E-state index contributed by atoms with van der Waals surface area (Å²) in [6.07, 6.45) is 0. The second-order valence-corrected chi connectivity index (χ2v) is 7.39. The van der Waals surface area contributed by atoms with Crippen LogP contribution in [-0.2, 0) is 5.41 Å². The fraction of sp³-hybridized carbons (Fsp3) is 0.235. The van der Waals surface area contributed by atoms with Gasteiger partial charge in [-0.25, -0.2) is 0 Å². The molecular formula is C17H16ClNOS. The van der Waals surface area contributed by atoms with Crippen LogP contribution < -0.4 is 5.73 Å². The Morgan fingerprint density at radius 3 is 2.29 bits per heavy atom. The van der Waals surface area contributed by atoms with Crippen molar-refractivity contribution in [1.29, 1.82) is 0 Å². The zero-order valence-corrected chi connectivity index (χ0v) is 13.7. The second kappa shape index (κ2) is 5.93. The normalized spacial score (nSPS) is 10.9. The molecule has 0 aliphatic carbocycles. The SMILES string of the molecule is CC(C)(C)c1cc(C#Cc2ccc(C(N)=O)cc2)c(Cl)s1. The number of carbonyl (C=O) groups excluding carboxylic acids is 1. The Labute approximate surface area is 133 Å². The Hall–Kier alpha value is -1.76. The molecule has 1 aromatic carbocycles. The molecule has 0 bridgehead atoms. The van der Waals surface area contributed by atoms with Gasteiger partial charge in [0.2, 0.25) is 5.91 Å². The molecule has 0 spiro atoms. The molecule has 108 valence electrons. The number of rotatable bonds is 1. The minimum atomic E-state index is -0.440. The molecule has 1 amide bonds.